The highest BCUT2D eigenvalue weighted by Crippen LogP contribution is 2.30. The number of halogens is 2. The second kappa shape index (κ2) is 6.12. The molecule has 0 saturated carbocycles. The molecule has 112 valence electrons. The van der Waals surface area contributed by atoms with Crippen molar-refractivity contribution in [2.45, 2.75) is 6.92 Å². The van der Waals surface area contributed by atoms with Gasteiger partial charge in [0.25, 0.3) is 0 Å². The molecule has 3 aromatic rings. The first-order chi connectivity index (χ1) is 10.5. The normalized spacial score (nSPS) is 10.7. The summed E-state index contributed by atoms with van der Waals surface area (Å²) in [7, 11) is 0. The molecular formula is C15H11Cl2N3OS. The Hall–Kier alpha value is -1.82. The van der Waals surface area contributed by atoms with Gasteiger partial charge in [-0.2, -0.15) is 0 Å². The molecule has 0 radical (unpaired) electrons. The first kappa shape index (κ1) is 15.1. The van der Waals surface area contributed by atoms with E-state index in [1.54, 1.807) is 18.2 Å². The van der Waals surface area contributed by atoms with Crippen LogP contribution in [0.3, 0.4) is 0 Å². The number of amides is 2. The number of aromatic nitrogens is 1. The third kappa shape index (κ3) is 3.16. The number of carbonyl (C=O) groups excluding carboxylic acids is 1. The average Bonchev–Trinajstić information content (AvgIpc) is 2.87. The molecule has 0 fully saturated rings. The van der Waals surface area contributed by atoms with E-state index in [-0.39, 0.29) is 6.03 Å². The van der Waals surface area contributed by atoms with Crippen LogP contribution in [0.5, 0.6) is 0 Å². The fourth-order valence-electron chi connectivity index (χ4n) is 1.90. The van der Waals surface area contributed by atoms with Crippen LogP contribution < -0.4 is 10.6 Å². The van der Waals surface area contributed by atoms with Gasteiger partial charge in [-0.05, 0) is 36.8 Å². The Morgan fingerprint density at radius 2 is 1.95 bits per heavy atom. The Kier molecular flexibility index (Phi) is 4.20. The van der Waals surface area contributed by atoms with Crippen molar-refractivity contribution in [3.8, 4) is 0 Å². The summed E-state index contributed by atoms with van der Waals surface area (Å²) in [6.07, 6.45) is 0. The van der Waals surface area contributed by atoms with Crippen molar-refractivity contribution < 1.29 is 4.79 Å². The molecule has 2 amide bonds. The van der Waals surface area contributed by atoms with Gasteiger partial charge in [0, 0.05) is 10.7 Å². The third-order valence-electron chi connectivity index (χ3n) is 3.02. The van der Waals surface area contributed by atoms with Crippen LogP contribution in [0.1, 0.15) is 5.56 Å². The standard InChI is InChI=1S/C15H11Cl2N3OS/c1-8-5-6-9(7-11(8)17)18-14(21)20-15-19-13-10(16)3-2-4-12(13)22-15/h2-7H,1H3,(H2,18,19,20,21). The Bertz CT molecular complexity index is 863. The molecule has 1 heterocycles. The van der Waals surface area contributed by atoms with E-state index in [9.17, 15) is 4.79 Å². The highest BCUT2D eigenvalue weighted by Gasteiger charge is 2.10. The number of thiazole rings is 1. The van der Waals surface area contributed by atoms with Crippen molar-refractivity contribution in [3.05, 3.63) is 52.0 Å². The van der Waals surface area contributed by atoms with Crippen LogP contribution in [-0.2, 0) is 0 Å². The number of urea groups is 1. The molecule has 0 unspecified atom stereocenters. The number of benzene rings is 2. The minimum Gasteiger partial charge on any atom is -0.308 e. The monoisotopic (exact) mass is 351 g/mol. The summed E-state index contributed by atoms with van der Waals surface area (Å²) >= 11 is 13.5. The zero-order valence-electron chi connectivity index (χ0n) is 11.5. The van der Waals surface area contributed by atoms with Gasteiger partial charge >= 0.3 is 6.03 Å². The summed E-state index contributed by atoms with van der Waals surface area (Å²) < 4.78 is 0.918. The van der Waals surface area contributed by atoms with Gasteiger partial charge in [0.2, 0.25) is 0 Å². The smallest absolute Gasteiger partial charge is 0.308 e. The maximum atomic E-state index is 12.0. The van der Waals surface area contributed by atoms with Gasteiger partial charge < -0.3 is 5.32 Å². The second-order valence-electron chi connectivity index (χ2n) is 4.65. The first-order valence-corrected chi connectivity index (χ1v) is 7.99. The molecule has 0 aliphatic heterocycles. The van der Waals surface area contributed by atoms with Gasteiger partial charge in [0.15, 0.2) is 5.13 Å². The second-order valence-corrected chi connectivity index (χ2v) is 6.49. The van der Waals surface area contributed by atoms with Gasteiger partial charge in [-0.15, -0.1) is 0 Å². The zero-order chi connectivity index (χ0) is 15.7. The minimum absolute atomic E-state index is 0.380. The van der Waals surface area contributed by atoms with Crippen molar-refractivity contribution >= 4 is 61.6 Å². The van der Waals surface area contributed by atoms with Gasteiger partial charge in [0.05, 0.1) is 9.72 Å². The van der Waals surface area contributed by atoms with E-state index in [0.29, 0.717) is 26.4 Å². The van der Waals surface area contributed by atoms with Gasteiger partial charge in [-0.1, -0.05) is 46.7 Å². The summed E-state index contributed by atoms with van der Waals surface area (Å²) in [5.41, 5.74) is 2.25. The van der Waals surface area contributed by atoms with Crippen molar-refractivity contribution in [2.75, 3.05) is 10.6 Å². The molecule has 0 aliphatic rings. The molecule has 2 N–H and O–H groups in total. The number of hydrogen-bond donors (Lipinski definition) is 2. The quantitative estimate of drug-likeness (QED) is 0.635. The van der Waals surface area contributed by atoms with E-state index in [1.165, 1.54) is 11.3 Å². The lowest BCUT2D eigenvalue weighted by atomic mass is 10.2. The summed E-state index contributed by atoms with van der Waals surface area (Å²) in [5, 5.41) is 7.06. The fourth-order valence-corrected chi connectivity index (χ4v) is 3.24. The number of nitrogens with one attached hydrogen (secondary N) is 2. The highest BCUT2D eigenvalue weighted by molar-refractivity contribution is 7.22. The van der Waals surface area contributed by atoms with Crippen LogP contribution in [0.2, 0.25) is 10.0 Å². The maximum Gasteiger partial charge on any atom is 0.325 e. The van der Waals surface area contributed by atoms with E-state index in [2.05, 4.69) is 15.6 Å². The van der Waals surface area contributed by atoms with Crippen LogP contribution in [0, 0.1) is 6.92 Å². The topological polar surface area (TPSA) is 54.0 Å². The number of rotatable bonds is 2. The summed E-state index contributed by atoms with van der Waals surface area (Å²) in [6, 6.07) is 10.5. The van der Waals surface area contributed by atoms with E-state index >= 15 is 0 Å². The number of hydrogen-bond acceptors (Lipinski definition) is 3. The SMILES string of the molecule is Cc1ccc(NC(=O)Nc2nc3c(Cl)cccc3s2)cc1Cl. The van der Waals surface area contributed by atoms with Gasteiger partial charge in [-0.3, -0.25) is 5.32 Å². The Morgan fingerprint density at radius 3 is 2.68 bits per heavy atom. The van der Waals surface area contributed by atoms with E-state index in [1.807, 2.05) is 25.1 Å². The van der Waals surface area contributed by atoms with Crippen LogP contribution in [0.4, 0.5) is 15.6 Å². The number of anilines is 2. The van der Waals surface area contributed by atoms with Crippen LogP contribution in [0.25, 0.3) is 10.2 Å². The van der Waals surface area contributed by atoms with Crippen LogP contribution in [-0.4, -0.2) is 11.0 Å². The number of nitrogens with zero attached hydrogens (tertiary/aromatic N) is 1. The molecule has 7 heteroatoms. The van der Waals surface area contributed by atoms with Crippen LogP contribution in [0.15, 0.2) is 36.4 Å². The lowest BCUT2D eigenvalue weighted by Gasteiger charge is -2.06. The van der Waals surface area contributed by atoms with Crippen LogP contribution >= 0.6 is 34.5 Å². The number of aryl methyl sites for hydroxylation is 1. The molecule has 0 spiro atoms. The Labute approximate surface area is 141 Å². The minimum atomic E-state index is -0.380. The van der Waals surface area contributed by atoms with Gasteiger partial charge in [0.1, 0.15) is 5.52 Å². The molecule has 0 atom stereocenters. The maximum absolute atomic E-state index is 12.0. The number of carbonyl (C=O) groups is 1. The Balaban J connectivity index is 1.75. The zero-order valence-corrected chi connectivity index (χ0v) is 13.8. The Morgan fingerprint density at radius 1 is 1.14 bits per heavy atom. The molecule has 2 aromatic carbocycles. The first-order valence-electron chi connectivity index (χ1n) is 6.42. The molecule has 4 nitrogen and oxygen atoms in total. The number of para-hydroxylation sites is 1. The van der Waals surface area contributed by atoms with Crippen molar-refractivity contribution in [1.29, 1.82) is 0 Å². The molecule has 1 aromatic heterocycles. The predicted octanol–water partition coefficient (Wildman–Crippen LogP) is 5.56. The number of fused-ring (bicyclic) bond motifs is 1. The van der Waals surface area contributed by atoms with Crippen molar-refractivity contribution in [3.63, 3.8) is 0 Å². The molecule has 0 bridgehead atoms. The lowest BCUT2D eigenvalue weighted by Crippen LogP contribution is -2.19. The summed E-state index contributed by atoms with van der Waals surface area (Å²) in [4.78, 5) is 16.3. The van der Waals surface area contributed by atoms with Gasteiger partial charge in [-0.25, -0.2) is 9.78 Å². The molecular weight excluding hydrogens is 341 g/mol. The molecule has 3 rings (SSSR count). The molecule has 0 aliphatic carbocycles. The highest BCUT2D eigenvalue weighted by atomic mass is 35.5. The predicted molar refractivity (Wildman–Crippen MR) is 93.5 cm³/mol. The third-order valence-corrected chi connectivity index (χ3v) is 4.67. The average molecular weight is 352 g/mol. The summed E-state index contributed by atoms with van der Waals surface area (Å²) in [6.45, 7) is 1.90. The van der Waals surface area contributed by atoms with E-state index in [0.717, 1.165) is 10.3 Å². The molecule has 22 heavy (non-hydrogen) atoms. The largest absolute Gasteiger partial charge is 0.325 e. The van der Waals surface area contributed by atoms with E-state index in [4.69, 9.17) is 23.2 Å². The molecule has 0 saturated heterocycles. The van der Waals surface area contributed by atoms with E-state index < -0.39 is 0 Å². The summed E-state index contributed by atoms with van der Waals surface area (Å²) in [5.74, 6) is 0. The lowest BCUT2D eigenvalue weighted by molar-refractivity contribution is 0.262. The van der Waals surface area contributed by atoms with Crippen molar-refractivity contribution in [2.24, 2.45) is 0 Å². The van der Waals surface area contributed by atoms with Crippen molar-refractivity contribution in [1.82, 2.24) is 4.98 Å². The fraction of sp³-hybridized carbons (Fsp3) is 0.0667.